The van der Waals surface area contributed by atoms with Gasteiger partial charge in [-0.15, -0.1) is 0 Å². The molecule has 0 aromatic heterocycles. The van der Waals surface area contributed by atoms with Crippen LogP contribution in [0.3, 0.4) is 0 Å². The third-order valence-electron chi connectivity index (χ3n) is 20.8. The van der Waals surface area contributed by atoms with Crippen molar-refractivity contribution in [1.82, 2.24) is 58.1 Å². The standard InChI is InChI=1S/C79H140IN11O31/c1-52(95)87-67-72(109)70(107)57(45-93)121-76(67)117-38-16-13-22-60(100)82-31-19-34-85-63(103)27-41-114-49-78(90-65(105)24-10-8-6-4-5-7-9-11-25-66(106)91-44-56(98)43-55(91)47-120-80,50-115-42-28-64(104)86-35-20-32-83-61(101)23-14-17-39-118-77-68(88-53(2)96)73(110)71(108)58(46-94)122-77)48-113-40-26-62(102)84-33-18-30-81-59(99)21-12-15-37-116-75-69(89-54(3)97)74(111)79(112,29-36-92)51-119-75/h55-58,67-77,92-94,98,107-112H,4-51H2,1-3H3,(H,81,99)(H,82,100)(H,83,101)(H,84,102)(H,85,103)(H,86,104)(H,87,95)(H,88,96)(H,89,97)(H,90,105)/t55-,56+,57?,58?,67?,68?,69?,70?,71?,72?,73?,74?,75?,76?,77?,78?,79?/m0/s1. The maximum atomic E-state index is 14.1. The molecule has 704 valence electrons. The molecule has 0 bridgehead atoms. The Kier molecular flexibility index (Phi) is 55.4. The van der Waals surface area contributed by atoms with Crippen molar-refractivity contribution < 1.29 is 150 Å². The first-order valence-electron chi connectivity index (χ1n) is 42.9. The molecule has 0 radical (unpaired) electrons. The summed E-state index contributed by atoms with van der Waals surface area (Å²) in [6, 6.07) is -3.45. The van der Waals surface area contributed by atoms with Gasteiger partial charge in [-0.25, -0.2) is 0 Å². The van der Waals surface area contributed by atoms with Crippen LogP contribution >= 0.6 is 23.0 Å². The average Bonchev–Trinajstić information content (AvgIpc) is 0.913. The molecule has 0 aromatic rings. The first-order valence-corrected chi connectivity index (χ1v) is 43.8. The normalized spacial score (nSPS) is 25.0. The molecule has 0 aliphatic carbocycles. The molecule has 43 heteroatoms. The van der Waals surface area contributed by atoms with Gasteiger partial charge in [0.15, 0.2) is 18.9 Å². The zero-order valence-corrected chi connectivity index (χ0v) is 73.1. The Morgan fingerprint density at radius 2 is 0.787 bits per heavy atom. The molecule has 0 spiro atoms. The Morgan fingerprint density at radius 3 is 1.16 bits per heavy atom. The molecule has 4 rings (SSSR count). The number of nitrogens with one attached hydrogen (secondary N) is 10. The third kappa shape index (κ3) is 43.5. The number of carbonyl (C=O) groups is 11. The van der Waals surface area contributed by atoms with Gasteiger partial charge in [-0.2, -0.15) is 0 Å². The van der Waals surface area contributed by atoms with Crippen molar-refractivity contribution in [1.29, 1.82) is 0 Å². The Labute approximate surface area is 727 Å². The lowest BCUT2D eigenvalue weighted by atomic mass is 9.86. The number of nitrogens with zero attached hydrogens (tertiary/aromatic N) is 1. The van der Waals surface area contributed by atoms with Gasteiger partial charge in [0.1, 0.15) is 95.0 Å². The molecule has 11 amide bonds. The van der Waals surface area contributed by atoms with Crippen LogP contribution in [-0.4, -0.2) is 362 Å². The molecule has 4 saturated heterocycles. The summed E-state index contributed by atoms with van der Waals surface area (Å²) in [5, 5.41) is 129. The summed E-state index contributed by atoms with van der Waals surface area (Å²) in [5.41, 5.74) is -3.23. The van der Waals surface area contributed by atoms with E-state index in [0.29, 0.717) is 90.2 Å². The summed E-state index contributed by atoms with van der Waals surface area (Å²) in [5.74, 6) is -3.72. The molecule has 20 N–H and O–H groups in total. The molecule has 4 fully saturated rings. The number of carbonyl (C=O) groups excluding carboxylic acids is 11. The van der Waals surface area contributed by atoms with E-state index < -0.39 is 135 Å². The van der Waals surface area contributed by atoms with Crippen molar-refractivity contribution in [2.24, 2.45) is 0 Å². The second-order valence-electron chi connectivity index (χ2n) is 31.4. The van der Waals surface area contributed by atoms with Crippen LogP contribution in [0.15, 0.2) is 0 Å². The number of hydrogen-bond donors (Lipinski definition) is 20. The van der Waals surface area contributed by atoms with Crippen LogP contribution in [0.2, 0.25) is 0 Å². The number of β-amino-alcohol motifs (C(OH)–C–C–N with tert-alkyl or cyclic N) is 1. The molecule has 122 heavy (non-hydrogen) atoms. The van der Waals surface area contributed by atoms with Crippen molar-refractivity contribution in [3.63, 3.8) is 0 Å². The van der Waals surface area contributed by atoms with Crippen molar-refractivity contribution in [2.45, 2.75) is 297 Å². The number of aliphatic hydroxyl groups excluding tert-OH is 9. The van der Waals surface area contributed by atoms with Crippen LogP contribution < -0.4 is 53.2 Å². The van der Waals surface area contributed by atoms with E-state index in [2.05, 4.69) is 53.2 Å². The van der Waals surface area contributed by atoms with Crippen LogP contribution in [-0.2, 0) is 98.4 Å². The molecule has 0 saturated carbocycles. The number of amides is 11. The fraction of sp³-hybridized carbons (Fsp3) is 0.861. The van der Waals surface area contributed by atoms with Crippen molar-refractivity contribution in [3.05, 3.63) is 0 Å². The SMILES string of the molecule is CC(=O)NC1C(OCCCCC(=O)NCCCNC(=O)CCOCC(COCCC(=O)NCCCNC(=O)CCCCOC2OC(CO)C(O)C(O)C2NC(C)=O)(COCCC(=O)NCCCNC(=O)CCCCOC2OCC(O)(CCO)C(O)C2NC(C)=O)NC(=O)CCCCCCCCCCC(=O)N2C[C@H](O)C[C@H]2COI)OC(CO)C(O)C1O. The van der Waals surface area contributed by atoms with E-state index in [1.165, 1.54) is 20.8 Å². The largest absolute Gasteiger partial charge is 0.396 e. The number of rotatable bonds is 66. The number of ether oxygens (including phenoxy) is 9. The van der Waals surface area contributed by atoms with Gasteiger partial charge >= 0.3 is 0 Å². The second-order valence-corrected chi connectivity index (χ2v) is 32.0. The summed E-state index contributed by atoms with van der Waals surface area (Å²) >= 11 is 1.79. The highest BCUT2D eigenvalue weighted by molar-refractivity contribution is 14.1. The topological polar surface area (TPSA) is 606 Å². The maximum absolute atomic E-state index is 14.1. The van der Waals surface area contributed by atoms with Gasteiger partial charge in [0.05, 0.1) is 78.2 Å². The lowest BCUT2D eigenvalue weighted by molar-refractivity contribution is -0.270. The molecule has 4 aliphatic rings. The molecular formula is C79H140IN11O31. The molecule has 0 aromatic carbocycles. The number of aliphatic hydroxyl groups is 10. The summed E-state index contributed by atoms with van der Waals surface area (Å²) < 4.78 is 57.6. The predicted octanol–water partition coefficient (Wildman–Crippen LogP) is -4.06. The highest BCUT2D eigenvalue weighted by Crippen LogP contribution is 2.30. The van der Waals surface area contributed by atoms with Gasteiger partial charge in [0.2, 0.25) is 65.0 Å². The van der Waals surface area contributed by atoms with E-state index in [-0.39, 0.29) is 210 Å². The van der Waals surface area contributed by atoms with Crippen LogP contribution in [0, 0.1) is 0 Å². The zero-order chi connectivity index (χ0) is 89.7. The Hall–Kier alpha value is -5.90. The average molecular weight is 1870 g/mol. The lowest BCUT2D eigenvalue weighted by Gasteiger charge is -2.45. The number of unbranched alkanes of at least 4 members (excludes halogenated alkanes) is 10. The van der Waals surface area contributed by atoms with Gasteiger partial charge < -0.3 is 155 Å². The quantitative estimate of drug-likeness (QED) is 0.0203. The Balaban J connectivity index is 1.30. The second kappa shape index (κ2) is 62.3. The zero-order valence-electron chi connectivity index (χ0n) is 71.0. The first kappa shape index (κ1) is 108. The highest BCUT2D eigenvalue weighted by atomic mass is 127. The van der Waals surface area contributed by atoms with Crippen molar-refractivity contribution >= 4 is 88.0 Å². The van der Waals surface area contributed by atoms with Gasteiger partial charge in [-0.3, -0.25) is 52.7 Å². The van der Waals surface area contributed by atoms with Gasteiger partial charge in [0, 0.05) is 151 Å². The number of likely N-dealkylation sites (tertiary alicyclic amines) is 1. The fourth-order valence-electron chi connectivity index (χ4n) is 14.1. The Bertz CT molecular complexity index is 2960. The predicted molar refractivity (Wildman–Crippen MR) is 442 cm³/mol. The summed E-state index contributed by atoms with van der Waals surface area (Å²) in [6.45, 7) is 2.86. The monoisotopic (exact) mass is 1870 g/mol. The summed E-state index contributed by atoms with van der Waals surface area (Å²) in [7, 11) is 0. The number of hydrogen-bond acceptors (Lipinski definition) is 31. The highest BCUT2D eigenvalue weighted by Gasteiger charge is 2.51. The third-order valence-corrected chi connectivity index (χ3v) is 21.2. The molecule has 14 unspecified atom stereocenters. The maximum Gasteiger partial charge on any atom is 0.222 e. The minimum Gasteiger partial charge on any atom is -0.396 e. The van der Waals surface area contributed by atoms with Crippen LogP contribution in [0.5, 0.6) is 0 Å². The van der Waals surface area contributed by atoms with Gasteiger partial charge in [0.25, 0.3) is 0 Å². The first-order chi connectivity index (χ1) is 58.5. The summed E-state index contributed by atoms with van der Waals surface area (Å²) in [6.07, 6.45) is -2.67. The minimum absolute atomic E-state index is 0.00756. The molecule has 4 heterocycles. The van der Waals surface area contributed by atoms with E-state index in [1.54, 1.807) is 27.9 Å². The Morgan fingerprint density at radius 1 is 0.434 bits per heavy atom. The van der Waals surface area contributed by atoms with Gasteiger partial charge in [-0.05, 0) is 77.0 Å². The smallest absolute Gasteiger partial charge is 0.222 e. The van der Waals surface area contributed by atoms with Crippen LogP contribution in [0.1, 0.15) is 194 Å². The van der Waals surface area contributed by atoms with Crippen LogP contribution in [0.25, 0.3) is 0 Å². The van der Waals surface area contributed by atoms with Crippen molar-refractivity contribution in [2.75, 3.05) is 138 Å². The van der Waals surface area contributed by atoms with E-state index in [1.807, 2.05) is 0 Å². The van der Waals surface area contributed by atoms with E-state index in [9.17, 15) is 104 Å². The van der Waals surface area contributed by atoms with Crippen molar-refractivity contribution in [3.8, 4) is 0 Å². The molecular weight excluding hydrogens is 1730 g/mol. The molecule has 42 nitrogen and oxygen atoms in total. The van der Waals surface area contributed by atoms with Gasteiger partial charge in [-0.1, -0.05) is 38.5 Å². The van der Waals surface area contributed by atoms with E-state index in [4.69, 9.17) is 45.7 Å². The molecule has 16 atom stereocenters. The summed E-state index contributed by atoms with van der Waals surface area (Å²) in [4.78, 5) is 142. The fourth-order valence-corrected chi connectivity index (χ4v) is 14.5. The molecule has 4 aliphatic heterocycles. The van der Waals surface area contributed by atoms with E-state index in [0.717, 1.165) is 44.9 Å². The van der Waals surface area contributed by atoms with E-state index >= 15 is 0 Å². The minimum atomic E-state index is -1.80. The lowest BCUT2D eigenvalue weighted by Crippen LogP contribution is -2.66. The van der Waals surface area contributed by atoms with Crippen LogP contribution in [0.4, 0.5) is 0 Å². The number of halogens is 1.